The number of thiophene rings is 1. The molecule has 3 rings (SSSR count). The molecular formula is C24H31ClO2S. The Morgan fingerprint density at radius 1 is 1.11 bits per heavy atom. The maximum atomic E-state index is 10.6. The highest BCUT2D eigenvalue weighted by Gasteiger charge is 2.40. The zero-order valence-electron chi connectivity index (χ0n) is 16.8. The van der Waals surface area contributed by atoms with Gasteiger partial charge in [-0.2, -0.15) is 0 Å². The second-order valence-corrected chi connectivity index (χ2v) is 10.0. The van der Waals surface area contributed by atoms with Crippen LogP contribution in [0.3, 0.4) is 0 Å². The average molecular weight is 419 g/mol. The van der Waals surface area contributed by atoms with Gasteiger partial charge in [-0.15, -0.1) is 22.9 Å². The average Bonchev–Trinajstić information content (AvgIpc) is 3.18. The van der Waals surface area contributed by atoms with Crippen molar-refractivity contribution < 1.29 is 10.2 Å². The van der Waals surface area contributed by atoms with Crippen molar-refractivity contribution in [3.63, 3.8) is 0 Å². The molecule has 2 aromatic rings. The third-order valence-electron chi connectivity index (χ3n) is 5.93. The van der Waals surface area contributed by atoms with Crippen LogP contribution in [-0.2, 0) is 12.8 Å². The molecule has 0 amide bonds. The molecule has 28 heavy (non-hydrogen) atoms. The number of benzene rings is 1. The van der Waals surface area contributed by atoms with Gasteiger partial charge in [0.05, 0.1) is 11.0 Å². The standard InChI is InChI=1S/C24H31ClO2S/c1-15-11-16(2)13-18(12-15)7-9-21-20(22(25)14-23(21)27)6-4-5-19-8-10-24(28-19)17(3)26/h8,10-13,20-23,26-27H,3-7,9,14H2,1-2H3/t20-,21-,22?,23-/m1/s1. The number of aliphatic hydroxyl groups excluding tert-OH is 2. The molecule has 1 unspecified atom stereocenters. The van der Waals surface area contributed by atoms with E-state index in [9.17, 15) is 10.2 Å². The molecule has 1 saturated carbocycles. The van der Waals surface area contributed by atoms with Crippen molar-refractivity contribution in [3.8, 4) is 0 Å². The van der Waals surface area contributed by atoms with Crippen molar-refractivity contribution in [2.24, 2.45) is 11.8 Å². The quantitative estimate of drug-likeness (QED) is 0.381. The lowest BCUT2D eigenvalue weighted by Gasteiger charge is -2.23. The summed E-state index contributed by atoms with van der Waals surface area (Å²) in [6, 6.07) is 10.7. The summed E-state index contributed by atoms with van der Waals surface area (Å²) in [6.45, 7) is 7.87. The second-order valence-electron chi connectivity index (χ2n) is 8.29. The summed E-state index contributed by atoms with van der Waals surface area (Å²) in [5.74, 6) is 0.789. The van der Waals surface area contributed by atoms with Gasteiger partial charge in [-0.1, -0.05) is 35.9 Å². The predicted octanol–water partition coefficient (Wildman–Crippen LogP) is 6.45. The Balaban J connectivity index is 1.56. The first kappa shape index (κ1) is 21.4. The van der Waals surface area contributed by atoms with E-state index in [0.717, 1.165) is 37.0 Å². The van der Waals surface area contributed by atoms with Gasteiger partial charge in [-0.05, 0) is 81.9 Å². The number of aryl methyl sites for hydroxylation is 4. The highest BCUT2D eigenvalue weighted by Crippen LogP contribution is 2.41. The van der Waals surface area contributed by atoms with E-state index < -0.39 is 0 Å². The first-order chi connectivity index (χ1) is 13.3. The Kier molecular flexibility index (Phi) is 7.25. The zero-order chi connectivity index (χ0) is 20.3. The molecular weight excluding hydrogens is 388 g/mol. The highest BCUT2D eigenvalue weighted by atomic mass is 35.5. The number of alkyl halides is 1. The fourth-order valence-electron chi connectivity index (χ4n) is 4.66. The Morgan fingerprint density at radius 2 is 1.82 bits per heavy atom. The summed E-state index contributed by atoms with van der Waals surface area (Å²) in [7, 11) is 0. The van der Waals surface area contributed by atoms with E-state index in [1.54, 1.807) is 11.3 Å². The molecule has 2 N–H and O–H groups in total. The minimum Gasteiger partial charge on any atom is -0.507 e. The molecule has 1 aromatic heterocycles. The molecule has 0 aliphatic heterocycles. The molecule has 0 spiro atoms. The van der Waals surface area contributed by atoms with E-state index >= 15 is 0 Å². The smallest absolute Gasteiger partial charge is 0.125 e. The maximum absolute atomic E-state index is 10.6. The SMILES string of the molecule is C=C(O)c1ccc(CCC[C@H]2C(Cl)C[C@@H](O)[C@@H]2CCc2cc(C)cc(C)c2)s1. The Bertz CT molecular complexity index is 792. The summed E-state index contributed by atoms with van der Waals surface area (Å²) in [5.41, 5.74) is 3.96. The number of aliphatic hydroxyl groups is 2. The second kappa shape index (κ2) is 9.47. The lowest BCUT2D eigenvalue weighted by Crippen LogP contribution is -2.21. The van der Waals surface area contributed by atoms with E-state index in [1.807, 2.05) is 6.07 Å². The van der Waals surface area contributed by atoms with Crippen LogP contribution < -0.4 is 0 Å². The highest BCUT2D eigenvalue weighted by molar-refractivity contribution is 7.13. The summed E-state index contributed by atoms with van der Waals surface area (Å²) in [4.78, 5) is 2.11. The molecule has 2 nitrogen and oxygen atoms in total. The normalized spacial score (nSPS) is 24.6. The molecule has 1 aliphatic rings. The van der Waals surface area contributed by atoms with Crippen molar-refractivity contribution in [3.05, 3.63) is 63.4 Å². The maximum Gasteiger partial charge on any atom is 0.125 e. The number of hydrogen-bond donors (Lipinski definition) is 2. The van der Waals surface area contributed by atoms with Crippen molar-refractivity contribution in [2.45, 2.75) is 63.9 Å². The van der Waals surface area contributed by atoms with Crippen LogP contribution in [0, 0.1) is 25.7 Å². The van der Waals surface area contributed by atoms with E-state index in [2.05, 4.69) is 44.7 Å². The van der Waals surface area contributed by atoms with Crippen molar-refractivity contribution in [1.29, 1.82) is 0 Å². The first-order valence-corrected chi connectivity index (χ1v) is 11.4. The van der Waals surface area contributed by atoms with Crippen molar-refractivity contribution in [1.82, 2.24) is 0 Å². The van der Waals surface area contributed by atoms with E-state index in [4.69, 9.17) is 11.6 Å². The van der Waals surface area contributed by atoms with Gasteiger partial charge < -0.3 is 10.2 Å². The lowest BCUT2D eigenvalue weighted by molar-refractivity contribution is 0.109. The first-order valence-electron chi connectivity index (χ1n) is 10.2. The van der Waals surface area contributed by atoms with Gasteiger partial charge in [0.15, 0.2) is 0 Å². The fraction of sp³-hybridized carbons (Fsp3) is 0.500. The van der Waals surface area contributed by atoms with E-state index in [0.29, 0.717) is 12.3 Å². The van der Waals surface area contributed by atoms with Gasteiger partial charge >= 0.3 is 0 Å². The monoisotopic (exact) mass is 418 g/mol. The molecule has 1 aliphatic carbocycles. The molecule has 0 bridgehead atoms. The largest absolute Gasteiger partial charge is 0.507 e. The third kappa shape index (κ3) is 5.40. The summed E-state index contributed by atoms with van der Waals surface area (Å²) >= 11 is 8.23. The van der Waals surface area contributed by atoms with E-state index in [-0.39, 0.29) is 23.2 Å². The molecule has 1 heterocycles. The third-order valence-corrected chi connectivity index (χ3v) is 7.63. The molecule has 0 saturated heterocycles. The minimum absolute atomic E-state index is 0.0651. The Morgan fingerprint density at radius 3 is 2.46 bits per heavy atom. The van der Waals surface area contributed by atoms with Crippen LogP contribution in [0.5, 0.6) is 0 Å². The number of hydrogen-bond acceptors (Lipinski definition) is 3. The summed E-state index contributed by atoms with van der Waals surface area (Å²) in [5, 5.41) is 20.1. The molecule has 1 fully saturated rings. The molecule has 152 valence electrons. The number of rotatable bonds is 8. The fourth-order valence-corrected chi connectivity index (χ4v) is 6.08. The number of halogens is 1. The molecule has 1 aromatic carbocycles. The van der Waals surface area contributed by atoms with Crippen LogP contribution in [0.2, 0.25) is 0 Å². The van der Waals surface area contributed by atoms with E-state index in [1.165, 1.54) is 21.6 Å². The van der Waals surface area contributed by atoms with Crippen LogP contribution in [0.15, 0.2) is 36.9 Å². The summed E-state index contributed by atoms with van der Waals surface area (Å²) < 4.78 is 0. The van der Waals surface area contributed by atoms with Crippen molar-refractivity contribution in [2.75, 3.05) is 0 Å². The molecule has 4 heteroatoms. The van der Waals surface area contributed by atoms with Crippen LogP contribution in [-0.4, -0.2) is 21.7 Å². The predicted molar refractivity (Wildman–Crippen MR) is 120 cm³/mol. The van der Waals surface area contributed by atoms with Crippen LogP contribution in [0.1, 0.15) is 52.1 Å². The van der Waals surface area contributed by atoms with Gasteiger partial charge in [0.25, 0.3) is 0 Å². The van der Waals surface area contributed by atoms with Gasteiger partial charge in [-0.3, -0.25) is 0 Å². The molecule has 4 atom stereocenters. The van der Waals surface area contributed by atoms with Gasteiger partial charge in [0.1, 0.15) is 5.76 Å². The van der Waals surface area contributed by atoms with Crippen molar-refractivity contribution >= 4 is 28.7 Å². The topological polar surface area (TPSA) is 40.5 Å². The lowest BCUT2D eigenvalue weighted by atomic mass is 9.85. The van der Waals surface area contributed by atoms with Crippen LogP contribution >= 0.6 is 22.9 Å². The van der Waals surface area contributed by atoms with Gasteiger partial charge in [0, 0.05) is 10.3 Å². The van der Waals surface area contributed by atoms with Crippen LogP contribution in [0.25, 0.3) is 5.76 Å². The van der Waals surface area contributed by atoms with Gasteiger partial charge in [-0.25, -0.2) is 0 Å². The zero-order valence-corrected chi connectivity index (χ0v) is 18.4. The summed E-state index contributed by atoms with van der Waals surface area (Å²) in [6.07, 6.45) is 5.48. The molecule has 0 radical (unpaired) electrons. The Labute approximate surface area is 177 Å². The van der Waals surface area contributed by atoms with Gasteiger partial charge in [0.2, 0.25) is 0 Å². The van der Waals surface area contributed by atoms with Crippen LogP contribution in [0.4, 0.5) is 0 Å². The Hall–Kier alpha value is -1.29. The minimum atomic E-state index is -0.288.